The number of hydrogen-bond acceptors (Lipinski definition) is 6. The molecule has 0 bridgehead atoms. The summed E-state index contributed by atoms with van der Waals surface area (Å²) in [6.45, 7) is 9.25. The maximum atomic E-state index is 13.2. The zero-order chi connectivity index (χ0) is 20.5. The van der Waals surface area contributed by atoms with Crippen molar-refractivity contribution in [1.29, 1.82) is 0 Å². The minimum atomic E-state index is -0.359. The van der Waals surface area contributed by atoms with Crippen LogP contribution in [0.25, 0.3) is 0 Å². The molecule has 5 fully saturated rings. The van der Waals surface area contributed by atoms with Crippen LogP contribution < -0.4 is 4.90 Å². The number of anilines is 1. The van der Waals surface area contributed by atoms with Crippen molar-refractivity contribution < 1.29 is 14.3 Å². The lowest BCUT2D eigenvalue weighted by Gasteiger charge is -2.50. The average molecular weight is 412 g/mol. The Kier molecular flexibility index (Phi) is 4.24. The van der Waals surface area contributed by atoms with E-state index in [0.717, 1.165) is 57.8 Å². The van der Waals surface area contributed by atoms with Crippen LogP contribution in [-0.2, 0) is 14.3 Å². The largest absolute Gasteiger partial charge is 0.455 e. The van der Waals surface area contributed by atoms with E-state index < -0.39 is 0 Å². The minimum absolute atomic E-state index is 0.00653. The molecule has 162 valence electrons. The van der Waals surface area contributed by atoms with E-state index in [-0.39, 0.29) is 29.2 Å². The van der Waals surface area contributed by atoms with Crippen molar-refractivity contribution in [1.82, 2.24) is 9.88 Å². The van der Waals surface area contributed by atoms with E-state index in [1.54, 1.807) is 0 Å². The summed E-state index contributed by atoms with van der Waals surface area (Å²) in [6, 6.07) is 6.08. The monoisotopic (exact) mass is 411 g/mol. The number of piperazine rings is 1. The number of aromatic nitrogens is 1. The second-order valence-electron chi connectivity index (χ2n) is 10.5. The molecule has 2 aliphatic carbocycles. The van der Waals surface area contributed by atoms with Crippen molar-refractivity contribution >= 4 is 11.8 Å². The van der Waals surface area contributed by atoms with Crippen molar-refractivity contribution in [2.24, 2.45) is 23.7 Å². The number of fused-ring (bicyclic) bond motifs is 1. The van der Waals surface area contributed by atoms with Crippen molar-refractivity contribution in [2.75, 3.05) is 37.6 Å². The van der Waals surface area contributed by atoms with Crippen LogP contribution in [0.3, 0.4) is 0 Å². The molecule has 0 N–H and O–H groups in total. The molecule has 4 heterocycles. The van der Waals surface area contributed by atoms with Gasteiger partial charge in [0.05, 0.1) is 11.5 Å². The highest BCUT2D eigenvalue weighted by atomic mass is 16.7. The first-order valence-electron chi connectivity index (χ1n) is 11.8. The molecule has 6 nitrogen and oxygen atoms in total. The van der Waals surface area contributed by atoms with E-state index in [4.69, 9.17) is 9.47 Å². The molecule has 1 spiro atoms. The highest BCUT2D eigenvalue weighted by Crippen LogP contribution is 2.66. The van der Waals surface area contributed by atoms with Crippen LogP contribution in [0, 0.1) is 23.7 Å². The molecule has 3 saturated heterocycles. The maximum Gasteiger partial charge on any atom is 0.311 e. The van der Waals surface area contributed by atoms with Gasteiger partial charge in [-0.15, -0.1) is 0 Å². The zero-order valence-corrected chi connectivity index (χ0v) is 18.1. The molecule has 1 unspecified atom stereocenters. The van der Waals surface area contributed by atoms with Crippen LogP contribution in [0.4, 0.5) is 5.82 Å². The summed E-state index contributed by atoms with van der Waals surface area (Å²) in [4.78, 5) is 22.5. The lowest BCUT2D eigenvalue weighted by molar-refractivity contribution is -0.168. The third-order valence-electron chi connectivity index (χ3n) is 8.89. The molecule has 5 aliphatic rings. The molecule has 0 amide bonds. The molecular formula is C24H33N3O3. The Morgan fingerprint density at radius 3 is 2.73 bits per heavy atom. The number of epoxide rings is 1. The number of esters is 1. The molecule has 2 saturated carbocycles. The minimum Gasteiger partial charge on any atom is -0.455 e. The fraction of sp³-hybridized carbons (Fsp3) is 0.750. The lowest BCUT2D eigenvalue weighted by atomic mass is 9.55. The highest BCUT2D eigenvalue weighted by Gasteiger charge is 2.77. The summed E-state index contributed by atoms with van der Waals surface area (Å²) in [5, 5.41) is 0. The summed E-state index contributed by atoms with van der Waals surface area (Å²) < 4.78 is 12.6. The van der Waals surface area contributed by atoms with Gasteiger partial charge in [0.2, 0.25) is 0 Å². The van der Waals surface area contributed by atoms with Gasteiger partial charge in [0.15, 0.2) is 0 Å². The lowest BCUT2D eigenvalue weighted by Crippen LogP contribution is -2.58. The van der Waals surface area contributed by atoms with Gasteiger partial charge in [0.25, 0.3) is 0 Å². The van der Waals surface area contributed by atoms with Crippen LogP contribution in [0.5, 0.6) is 0 Å². The van der Waals surface area contributed by atoms with Crippen LogP contribution in [-0.4, -0.2) is 65.9 Å². The molecule has 1 aromatic rings. The number of rotatable bonds is 3. The van der Waals surface area contributed by atoms with E-state index in [9.17, 15) is 4.79 Å². The summed E-state index contributed by atoms with van der Waals surface area (Å²) >= 11 is 0. The van der Waals surface area contributed by atoms with E-state index in [1.807, 2.05) is 18.3 Å². The standard InChI is InChI=1S/C24H33N3O3/c1-16-6-7-19-17(15-26-11-13-27(14-12-26)20-5-3-4-10-25-20)21(28)29-24(19)18(16)8-9-23(2)22(24)30-23/h3-5,10,16-19,22H,6-9,11-15H2,1-2H3/t16-,17?,18+,19+,22-,23-,24-/m1/s1. The first-order valence-corrected chi connectivity index (χ1v) is 11.8. The molecule has 30 heavy (non-hydrogen) atoms. The van der Waals surface area contributed by atoms with Crippen LogP contribution in [0.2, 0.25) is 0 Å². The second-order valence-corrected chi connectivity index (χ2v) is 10.5. The topological polar surface area (TPSA) is 58.2 Å². The third kappa shape index (κ3) is 2.69. The summed E-state index contributed by atoms with van der Waals surface area (Å²) in [7, 11) is 0. The molecule has 0 radical (unpaired) electrons. The van der Waals surface area contributed by atoms with Crippen molar-refractivity contribution in [3.8, 4) is 0 Å². The Balaban J connectivity index is 1.18. The predicted molar refractivity (Wildman–Crippen MR) is 113 cm³/mol. The van der Waals surface area contributed by atoms with Gasteiger partial charge in [-0.3, -0.25) is 9.69 Å². The van der Waals surface area contributed by atoms with Crippen LogP contribution in [0.15, 0.2) is 24.4 Å². The van der Waals surface area contributed by atoms with E-state index in [1.165, 1.54) is 6.42 Å². The first kappa shape index (κ1) is 19.1. The maximum absolute atomic E-state index is 13.2. The summed E-state index contributed by atoms with van der Waals surface area (Å²) in [5.74, 6) is 2.47. The van der Waals surface area contributed by atoms with Gasteiger partial charge in [-0.2, -0.15) is 0 Å². The Labute approximate surface area is 178 Å². The molecular weight excluding hydrogens is 378 g/mol. The van der Waals surface area contributed by atoms with Crippen LogP contribution in [0.1, 0.15) is 39.5 Å². The summed E-state index contributed by atoms with van der Waals surface area (Å²) in [5.41, 5.74) is -0.419. The molecule has 3 aliphatic heterocycles. The Hall–Kier alpha value is -1.66. The van der Waals surface area contributed by atoms with E-state index >= 15 is 0 Å². The van der Waals surface area contributed by atoms with Gasteiger partial charge in [-0.25, -0.2) is 4.98 Å². The molecule has 1 aromatic heterocycles. The van der Waals surface area contributed by atoms with Gasteiger partial charge in [0.1, 0.15) is 17.5 Å². The predicted octanol–water partition coefficient (Wildman–Crippen LogP) is 2.73. The fourth-order valence-corrected chi connectivity index (χ4v) is 7.24. The SMILES string of the molecule is C[C@@H]1CC[C@H]2C(CN3CCN(c4ccccn4)CC3)C(=O)O[C@]23[C@H]1CC[C@@]1(C)O[C@@H]31. The highest BCUT2D eigenvalue weighted by molar-refractivity contribution is 5.77. The molecule has 0 aromatic carbocycles. The molecule has 7 atom stereocenters. The van der Waals surface area contributed by atoms with Gasteiger partial charge >= 0.3 is 5.97 Å². The Bertz CT molecular complexity index is 826. The van der Waals surface area contributed by atoms with Gasteiger partial charge in [-0.1, -0.05) is 13.0 Å². The quantitative estimate of drug-likeness (QED) is 0.563. The molecule has 6 heteroatoms. The molecule has 6 rings (SSSR count). The normalized spacial score (nSPS) is 45.3. The number of pyridine rings is 1. The number of carbonyl (C=O) groups excluding carboxylic acids is 1. The Morgan fingerprint density at radius 1 is 1.13 bits per heavy atom. The summed E-state index contributed by atoms with van der Waals surface area (Å²) in [6.07, 6.45) is 6.52. The Morgan fingerprint density at radius 2 is 1.97 bits per heavy atom. The smallest absolute Gasteiger partial charge is 0.311 e. The van der Waals surface area contributed by atoms with Crippen molar-refractivity contribution in [3.63, 3.8) is 0 Å². The fourth-order valence-electron chi connectivity index (χ4n) is 7.24. The van der Waals surface area contributed by atoms with Crippen LogP contribution >= 0.6 is 0 Å². The number of ether oxygens (including phenoxy) is 2. The van der Waals surface area contributed by atoms with Crippen molar-refractivity contribution in [2.45, 2.75) is 56.8 Å². The van der Waals surface area contributed by atoms with Crippen molar-refractivity contribution in [3.05, 3.63) is 24.4 Å². The van der Waals surface area contributed by atoms with Gasteiger partial charge < -0.3 is 14.4 Å². The van der Waals surface area contributed by atoms with E-state index in [0.29, 0.717) is 17.8 Å². The first-order chi connectivity index (χ1) is 14.5. The number of hydrogen-bond donors (Lipinski definition) is 0. The average Bonchev–Trinajstić information content (AvgIpc) is 3.39. The van der Waals surface area contributed by atoms with Gasteiger partial charge in [-0.05, 0) is 50.7 Å². The van der Waals surface area contributed by atoms with Gasteiger partial charge in [0, 0.05) is 50.8 Å². The second kappa shape index (κ2) is 6.67. The zero-order valence-electron chi connectivity index (χ0n) is 18.1. The van der Waals surface area contributed by atoms with E-state index in [2.05, 4.69) is 34.7 Å². The third-order valence-corrected chi connectivity index (χ3v) is 8.89. The number of carbonyl (C=O) groups is 1. The number of nitrogens with zero attached hydrogens (tertiary/aromatic N) is 3.